The lowest BCUT2D eigenvalue weighted by Gasteiger charge is -2.30. The molecule has 0 saturated carbocycles. The SMILES string of the molecule is CCCC(C)N1CC(C(=O)N[C@@H](Cc2cc(F)cc(F)c2)[C@H](O)[C@H]2C[C@@H](OCc3ccccc3)CN2)CC1=O. The number of nitrogens with zero attached hydrogens (tertiary/aromatic N) is 1. The summed E-state index contributed by atoms with van der Waals surface area (Å²) in [5, 5.41) is 17.6. The van der Waals surface area contributed by atoms with Crippen molar-refractivity contribution >= 4 is 11.8 Å². The van der Waals surface area contributed by atoms with Gasteiger partial charge in [0.25, 0.3) is 0 Å². The summed E-state index contributed by atoms with van der Waals surface area (Å²) in [6.45, 7) is 5.33. The second-order valence-electron chi connectivity index (χ2n) is 10.8. The van der Waals surface area contributed by atoms with Gasteiger partial charge in [0.1, 0.15) is 11.6 Å². The lowest BCUT2D eigenvalue weighted by atomic mass is 9.94. The number of halogens is 2. The number of carbonyl (C=O) groups is 2. The number of nitrogens with one attached hydrogen (secondary N) is 2. The van der Waals surface area contributed by atoms with Gasteiger partial charge in [0.2, 0.25) is 11.8 Å². The van der Waals surface area contributed by atoms with Crippen LogP contribution in [-0.4, -0.2) is 65.2 Å². The van der Waals surface area contributed by atoms with Crippen molar-refractivity contribution in [2.45, 2.75) is 82.9 Å². The molecule has 0 aromatic heterocycles. The average molecular weight is 544 g/mol. The minimum atomic E-state index is -1.04. The standard InChI is InChI=1S/C30H39F2N3O4/c1-3-7-19(2)35-17-22(13-28(35)36)30(38)34-27(12-21-10-23(31)14-24(32)11-21)29(37)26-15-25(16-33-26)39-18-20-8-5-4-6-9-20/h4-6,8-11,14,19,22,25-27,29,33,37H,3,7,12-13,15-18H2,1-2H3,(H,34,38)/t19?,22?,25-,26-,27+,29-/m1/s1. The van der Waals surface area contributed by atoms with E-state index in [0.717, 1.165) is 24.5 Å². The summed E-state index contributed by atoms with van der Waals surface area (Å²) in [6, 6.07) is 11.8. The Morgan fingerprint density at radius 1 is 1.18 bits per heavy atom. The molecular weight excluding hydrogens is 504 g/mol. The highest BCUT2D eigenvalue weighted by atomic mass is 19.1. The molecule has 3 N–H and O–H groups in total. The van der Waals surface area contributed by atoms with Crippen molar-refractivity contribution in [3.8, 4) is 0 Å². The summed E-state index contributed by atoms with van der Waals surface area (Å²) >= 11 is 0. The van der Waals surface area contributed by atoms with Crippen LogP contribution in [0.1, 0.15) is 50.7 Å². The molecule has 0 spiro atoms. The maximum atomic E-state index is 13.9. The zero-order chi connectivity index (χ0) is 27.9. The zero-order valence-electron chi connectivity index (χ0n) is 22.6. The van der Waals surface area contributed by atoms with Gasteiger partial charge in [0, 0.05) is 37.7 Å². The van der Waals surface area contributed by atoms with E-state index >= 15 is 0 Å². The number of aliphatic hydroxyl groups excluding tert-OH is 1. The topological polar surface area (TPSA) is 90.9 Å². The molecule has 0 aliphatic carbocycles. The average Bonchev–Trinajstić information content (AvgIpc) is 3.54. The Hall–Kier alpha value is -2.88. The first kappa shape index (κ1) is 29.1. The third-order valence-electron chi connectivity index (χ3n) is 7.75. The number of ether oxygens (including phenoxy) is 1. The molecule has 0 bridgehead atoms. The van der Waals surface area contributed by atoms with Gasteiger partial charge >= 0.3 is 0 Å². The maximum Gasteiger partial charge on any atom is 0.225 e. The van der Waals surface area contributed by atoms with Crippen molar-refractivity contribution in [2.24, 2.45) is 5.92 Å². The molecule has 2 aliphatic rings. The monoisotopic (exact) mass is 543 g/mol. The Morgan fingerprint density at radius 3 is 2.59 bits per heavy atom. The van der Waals surface area contributed by atoms with Crippen molar-refractivity contribution in [3.05, 3.63) is 71.3 Å². The molecule has 0 radical (unpaired) electrons. The molecule has 2 unspecified atom stereocenters. The van der Waals surface area contributed by atoms with Crippen LogP contribution in [0.3, 0.4) is 0 Å². The maximum absolute atomic E-state index is 13.9. The summed E-state index contributed by atoms with van der Waals surface area (Å²) in [5.74, 6) is -2.39. The van der Waals surface area contributed by atoms with Crippen LogP contribution < -0.4 is 10.6 Å². The molecule has 39 heavy (non-hydrogen) atoms. The quantitative estimate of drug-likeness (QED) is 0.382. The summed E-state index contributed by atoms with van der Waals surface area (Å²) in [5.41, 5.74) is 1.38. The molecular formula is C30H39F2N3O4. The van der Waals surface area contributed by atoms with Crippen molar-refractivity contribution in [2.75, 3.05) is 13.1 Å². The fourth-order valence-electron chi connectivity index (χ4n) is 5.64. The van der Waals surface area contributed by atoms with E-state index < -0.39 is 29.7 Å². The van der Waals surface area contributed by atoms with Crippen LogP contribution in [0.5, 0.6) is 0 Å². The predicted molar refractivity (Wildman–Crippen MR) is 144 cm³/mol. The molecule has 9 heteroatoms. The molecule has 2 aliphatic heterocycles. The van der Waals surface area contributed by atoms with Crippen molar-refractivity contribution in [1.82, 2.24) is 15.5 Å². The van der Waals surface area contributed by atoms with E-state index in [0.29, 0.717) is 31.7 Å². The molecule has 2 heterocycles. The number of carbonyl (C=O) groups excluding carboxylic acids is 2. The van der Waals surface area contributed by atoms with E-state index in [1.807, 2.05) is 37.3 Å². The van der Waals surface area contributed by atoms with Gasteiger partial charge in [-0.15, -0.1) is 0 Å². The number of likely N-dealkylation sites (tertiary alicyclic amines) is 1. The van der Waals surface area contributed by atoms with Gasteiger partial charge in [0.05, 0.1) is 30.8 Å². The van der Waals surface area contributed by atoms with Crippen LogP contribution in [0.4, 0.5) is 8.78 Å². The largest absolute Gasteiger partial charge is 0.389 e. The van der Waals surface area contributed by atoms with E-state index in [4.69, 9.17) is 4.74 Å². The van der Waals surface area contributed by atoms with Crippen LogP contribution >= 0.6 is 0 Å². The highest BCUT2D eigenvalue weighted by Gasteiger charge is 2.40. The Labute approximate surface area is 228 Å². The molecule has 212 valence electrons. The molecule has 2 aromatic rings. The van der Waals surface area contributed by atoms with Gasteiger partial charge in [-0.05, 0) is 49.4 Å². The predicted octanol–water partition coefficient (Wildman–Crippen LogP) is 3.34. The zero-order valence-corrected chi connectivity index (χ0v) is 22.6. The van der Waals surface area contributed by atoms with Gasteiger partial charge < -0.3 is 25.4 Å². The minimum Gasteiger partial charge on any atom is -0.389 e. The third-order valence-corrected chi connectivity index (χ3v) is 7.75. The van der Waals surface area contributed by atoms with Crippen molar-refractivity contribution in [3.63, 3.8) is 0 Å². The molecule has 2 aromatic carbocycles. The highest BCUT2D eigenvalue weighted by molar-refractivity contribution is 5.89. The van der Waals surface area contributed by atoms with E-state index in [1.54, 1.807) is 4.90 Å². The molecule has 7 nitrogen and oxygen atoms in total. The van der Waals surface area contributed by atoms with E-state index in [2.05, 4.69) is 17.6 Å². The number of amides is 2. The number of hydrogen-bond acceptors (Lipinski definition) is 5. The second-order valence-corrected chi connectivity index (χ2v) is 10.8. The minimum absolute atomic E-state index is 0.0337. The first-order valence-corrected chi connectivity index (χ1v) is 13.8. The Bertz CT molecular complexity index is 1100. The summed E-state index contributed by atoms with van der Waals surface area (Å²) in [7, 11) is 0. The fourth-order valence-corrected chi connectivity index (χ4v) is 5.64. The summed E-state index contributed by atoms with van der Waals surface area (Å²) < 4.78 is 33.9. The number of aliphatic hydroxyl groups is 1. The number of benzene rings is 2. The summed E-state index contributed by atoms with van der Waals surface area (Å²) in [4.78, 5) is 27.6. The Kier molecular flexibility index (Phi) is 10.0. The van der Waals surface area contributed by atoms with E-state index in [1.165, 1.54) is 12.1 Å². The van der Waals surface area contributed by atoms with Gasteiger partial charge in [0.15, 0.2) is 0 Å². The molecule has 4 rings (SSSR count). The molecule has 2 saturated heterocycles. The van der Waals surface area contributed by atoms with Crippen molar-refractivity contribution in [1.29, 1.82) is 0 Å². The normalized spacial score (nSPS) is 23.6. The molecule has 2 amide bonds. The van der Waals surface area contributed by atoms with Crippen LogP contribution in [0.25, 0.3) is 0 Å². The van der Waals surface area contributed by atoms with E-state index in [9.17, 15) is 23.5 Å². The number of hydrogen-bond donors (Lipinski definition) is 3. The lowest BCUT2D eigenvalue weighted by Crippen LogP contribution is -2.53. The van der Waals surface area contributed by atoms with Crippen LogP contribution in [-0.2, 0) is 27.4 Å². The fraction of sp³-hybridized carbons (Fsp3) is 0.533. The van der Waals surface area contributed by atoms with E-state index in [-0.39, 0.29) is 42.8 Å². The highest BCUT2D eigenvalue weighted by Crippen LogP contribution is 2.24. The first-order valence-electron chi connectivity index (χ1n) is 13.8. The molecule has 6 atom stereocenters. The van der Waals surface area contributed by atoms with Crippen molar-refractivity contribution < 1.29 is 28.2 Å². The van der Waals surface area contributed by atoms with Gasteiger partial charge in [-0.25, -0.2) is 8.78 Å². The van der Waals surface area contributed by atoms with Gasteiger partial charge in [-0.2, -0.15) is 0 Å². The Balaban J connectivity index is 1.42. The number of rotatable bonds is 12. The van der Waals surface area contributed by atoms with Crippen LogP contribution in [0.2, 0.25) is 0 Å². The van der Waals surface area contributed by atoms with Crippen LogP contribution in [0, 0.1) is 17.6 Å². The van der Waals surface area contributed by atoms with Gasteiger partial charge in [-0.3, -0.25) is 9.59 Å². The van der Waals surface area contributed by atoms with Crippen LogP contribution in [0.15, 0.2) is 48.5 Å². The second kappa shape index (κ2) is 13.5. The summed E-state index contributed by atoms with van der Waals surface area (Å²) in [6.07, 6.45) is 1.27. The molecule has 2 fully saturated rings. The Morgan fingerprint density at radius 2 is 1.90 bits per heavy atom. The smallest absolute Gasteiger partial charge is 0.225 e. The van der Waals surface area contributed by atoms with Gasteiger partial charge in [-0.1, -0.05) is 43.7 Å². The third kappa shape index (κ3) is 7.84. The first-order chi connectivity index (χ1) is 18.7. The lowest BCUT2D eigenvalue weighted by molar-refractivity contribution is -0.130.